The molecule has 0 unspecified atom stereocenters. The first-order valence-corrected chi connectivity index (χ1v) is 5.93. The zero-order valence-corrected chi connectivity index (χ0v) is 10.2. The van der Waals surface area contributed by atoms with Crippen molar-refractivity contribution in [1.29, 1.82) is 0 Å². The summed E-state index contributed by atoms with van der Waals surface area (Å²) in [5.74, 6) is -0.0446. The van der Waals surface area contributed by atoms with E-state index in [9.17, 15) is 4.79 Å². The fourth-order valence-corrected chi connectivity index (χ4v) is 1.97. The number of halogens is 1. The Labute approximate surface area is 105 Å². The third-order valence-corrected chi connectivity index (χ3v) is 3.11. The summed E-state index contributed by atoms with van der Waals surface area (Å²) in [7, 11) is 0. The highest BCUT2D eigenvalue weighted by Gasteiger charge is 2.25. The number of likely N-dealkylation sites (tertiary alicyclic amines) is 1. The largest absolute Gasteiger partial charge is 0.390 e. The number of carbonyl (C=O) groups excluding carboxylic acids is 1. The highest BCUT2D eigenvalue weighted by Crippen LogP contribution is 2.14. The average molecular weight is 255 g/mol. The van der Waals surface area contributed by atoms with Gasteiger partial charge in [-0.25, -0.2) is 0 Å². The minimum Gasteiger partial charge on any atom is -0.390 e. The molecule has 92 valence electrons. The summed E-state index contributed by atoms with van der Waals surface area (Å²) in [5.41, 5.74) is 0.908. The zero-order valence-electron chi connectivity index (χ0n) is 9.40. The average Bonchev–Trinajstić information content (AvgIpc) is 2.26. The Balaban J connectivity index is 1.75. The van der Waals surface area contributed by atoms with Gasteiger partial charge in [0.05, 0.1) is 12.6 Å². The van der Waals surface area contributed by atoms with Gasteiger partial charge in [0.25, 0.3) is 0 Å². The molecule has 1 heterocycles. The number of hydrogen-bond donors (Lipinski definition) is 2. The number of amides is 1. The summed E-state index contributed by atoms with van der Waals surface area (Å²) in [6.45, 7) is 1.94. The van der Waals surface area contributed by atoms with E-state index in [1.807, 2.05) is 23.1 Å². The first-order valence-electron chi connectivity index (χ1n) is 5.55. The summed E-state index contributed by atoms with van der Waals surface area (Å²) in [6, 6.07) is 7.43. The van der Waals surface area contributed by atoms with Crippen molar-refractivity contribution < 1.29 is 9.90 Å². The van der Waals surface area contributed by atoms with E-state index in [1.165, 1.54) is 0 Å². The van der Waals surface area contributed by atoms with Crippen LogP contribution in [-0.2, 0) is 11.3 Å². The van der Waals surface area contributed by atoms with E-state index >= 15 is 0 Å². The van der Waals surface area contributed by atoms with E-state index in [2.05, 4.69) is 5.32 Å². The Morgan fingerprint density at radius 1 is 1.47 bits per heavy atom. The molecule has 1 aromatic rings. The molecule has 0 spiro atoms. The van der Waals surface area contributed by atoms with Crippen LogP contribution in [-0.4, -0.2) is 41.7 Å². The SMILES string of the molecule is O=C(CN1CC(O)C1)NCc1ccccc1Cl. The molecule has 2 rings (SSSR count). The molecule has 1 aliphatic rings. The van der Waals surface area contributed by atoms with Crippen LogP contribution in [0.3, 0.4) is 0 Å². The van der Waals surface area contributed by atoms with Gasteiger partial charge in [-0.2, -0.15) is 0 Å². The van der Waals surface area contributed by atoms with E-state index in [0.717, 1.165) is 5.56 Å². The number of rotatable bonds is 4. The van der Waals surface area contributed by atoms with Crippen molar-refractivity contribution in [3.05, 3.63) is 34.9 Å². The van der Waals surface area contributed by atoms with Crippen LogP contribution in [0.15, 0.2) is 24.3 Å². The van der Waals surface area contributed by atoms with Crippen LogP contribution in [0.5, 0.6) is 0 Å². The lowest BCUT2D eigenvalue weighted by Crippen LogP contribution is -2.53. The highest BCUT2D eigenvalue weighted by atomic mass is 35.5. The number of carbonyl (C=O) groups is 1. The first-order chi connectivity index (χ1) is 8.15. The summed E-state index contributed by atoms with van der Waals surface area (Å²) >= 11 is 5.98. The van der Waals surface area contributed by atoms with Gasteiger partial charge in [-0.1, -0.05) is 29.8 Å². The molecular formula is C12H15ClN2O2. The zero-order chi connectivity index (χ0) is 12.3. The van der Waals surface area contributed by atoms with Crippen LogP contribution in [0.2, 0.25) is 5.02 Å². The molecule has 1 aromatic carbocycles. The van der Waals surface area contributed by atoms with Crippen molar-refractivity contribution >= 4 is 17.5 Å². The minimum absolute atomic E-state index is 0.0446. The van der Waals surface area contributed by atoms with Gasteiger partial charge >= 0.3 is 0 Å². The molecule has 0 atom stereocenters. The van der Waals surface area contributed by atoms with E-state index in [4.69, 9.17) is 16.7 Å². The minimum atomic E-state index is -0.272. The number of aliphatic hydroxyl groups is 1. The molecule has 17 heavy (non-hydrogen) atoms. The lowest BCUT2D eigenvalue weighted by molar-refractivity contribution is -0.125. The van der Waals surface area contributed by atoms with Crippen molar-refractivity contribution in [3.8, 4) is 0 Å². The van der Waals surface area contributed by atoms with Crippen molar-refractivity contribution in [2.45, 2.75) is 12.6 Å². The van der Waals surface area contributed by atoms with Crippen molar-refractivity contribution in [2.75, 3.05) is 19.6 Å². The summed E-state index contributed by atoms with van der Waals surface area (Å²) in [4.78, 5) is 13.5. The van der Waals surface area contributed by atoms with Gasteiger partial charge in [-0.05, 0) is 11.6 Å². The Morgan fingerprint density at radius 3 is 2.82 bits per heavy atom. The quantitative estimate of drug-likeness (QED) is 0.829. The molecule has 2 N–H and O–H groups in total. The van der Waals surface area contributed by atoms with Crippen molar-refractivity contribution in [3.63, 3.8) is 0 Å². The fourth-order valence-electron chi connectivity index (χ4n) is 1.77. The molecule has 0 aliphatic carbocycles. The Bertz CT molecular complexity index is 405. The number of aliphatic hydroxyl groups excluding tert-OH is 1. The third-order valence-electron chi connectivity index (χ3n) is 2.74. The first kappa shape index (κ1) is 12.4. The maximum Gasteiger partial charge on any atom is 0.234 e. The van der Waals surface area contributed by atoms with Crippen LogP contribution in [0.4, 0.5) is 0 Å². The normalized spacial score (nSPS) is 16.6. The van der Waals surface area contributed by atoms with Crippen LogP contribution in [0, 0.1) is 0 Å². The van der Waals surface area contributed by atoms with E-state index < -0.39 is 0 Å². The number of nitrogens with one attached hydrogen (secondary N) is 1. The smallest absolute Gasteiger partial charge is 0.234 e. The molecule has 0 aromatic heterocycles. The van der Waals surface area contributed by atoms with Crippen LogP contribution >= 0.6 is 11.6 Å². The number of nitrogens with zero attached hydrogens (tertiary/aromatic N) is 1. The summed E-state index contributed by atoms with van der Waals surface area (Å²) < 4.78 is 0. The highest BCUT2D eigenvalue weighted by molar-refractivity contribution is 6.31. The van der Waals surface area contributed by atoms with Gasteiger partial charge in [0.1, 0.15) is 0 Å². The molecule has 1 aliphatic heterocycles. The Hall–Kier alpha value is -1.10. The van der Waals surface area contributed by atoms with Gasteiger partial charge in [-0.3, -0.25) is 9.69 Å². The lowest BCUT2D eigenvalue weighted by atomic mass is 10.2. The summed E-state index contributed by atoms with van der Waals surface area (Å²) in [5, 5.41) is 12.6. The number of benzene rings is 1. The molecule has 1 amide bonds. The molecule has 5 heteroatoms. The molecule has 0 bridgehead atoms. The summed E-state index contributed by atoms with van der Waals surface area (Å²) in [6.07, 6.45) is -0.272. The van der Waals surface area contributed by atoms with E-state index in [-0.39, 0.29) is 12.0 Å². The standard InChI is InChI=1S/C12H15ClN2O2/c13-11-4-2-1-3-9(11)5-14-12(17)8-15-6-10(16)7-15/h1-4,10,16H,5-8H2,(H,14,17). The van der Waals surface area contributed by atoms with Crippen molar-refractivity contribution in [2.24, 2.45) is 0 Å². The molecule has 0 saturated carbocycles. The molecular weight excluding hydrogens is 240 g/mol. The molecule has 1 fully saturated rings. The van der Waals surface area contributed by atoms with Crippen LogP contribution in [0.1, 0.15) is 5.56 Å². The van der Waals surface area contributed by atoms with E-state index in [0.29, 0.717) is 31.2 Å². The van der Waals surface area contributed by atoms with Gasteiger partial charge in [0.15, 0.2) is 0 Å². The monoisotopic (exact) mass is 254 g/mol. The van der Waals surface area contributed by atoms with E-state index in [1.54, 1.807) is 6.07 Å². The number of hydrogen-bond acceptors (Lipinski definition) is 3. The maximum atomic E-state index is 11.6. The maximum absolute atomic E-state index is 11.6. The van der Waals surface area contributed by atoms with Crippen LogP contribution < -0.4 is 5.32 Å². The second-order valence-electron chi connectivity index (χ2n) is 4.22. The Kier molecular flexibility index (Phi) is 3.99. The predicted molar refractivity (Wildman–Crippen MR) is 65.7 cm³/mol. The van der Waals surface area contributed by atoms with Gasteiger partial charge < -0.3 is 10.4 Å². The predicted octanol–water partition coefficient (Wildman–Crippen LogP) is 0.633. The second-order valence-corrected chi connectivity index (χ2v) is 4.62. The topological polar surface area (TPSA) is 52.6 Å². The lowest BCUT2D eigenvalue weighted by Gasteiger charge is -2.35. The van der Waals surface area contributed by atoms with Crippen molar-refractivity contribution in [1.82, 2.24) is 10.2 Å². The van der Waals surface area contributed by atoms with Gasteiger partial charge in [-0.15, -0.1) is 0 Å². The fraction of sp³-hybridized carbons (Fsp3) is 0.417. The Morgan fingerprint density at radius 2 is 2.18 bits per heavy atom. The molecule has 1 saturated heterocycles. The molecule has 0 radical (unpaired) electrons. The van der Waals surface area contributed by atoms with Crippen LogP contribution in [0.25, 0.3) is 0 Å². The van der Waals surface area contributed by atoms with Gasteiger partial charge in [0, 0.05) is 24.7 Å². The van der Waals surface area contributed by atoms with Gasteiger partial charge in [0.2, 0.25) is 5.91 Å². The third kappa shape index (κ3) is 3.43. The molecule has 4 nitrogen and oxygen atoms in total. The second kappa shape index (κ2) is 5.49. The number of β-amino-alcohol motifs (C(OH)–C–C–N with tert-alkyl or cyclic N) is 1.